The number of nitrogens with zero attached hydrogens (tertiary/aromatic N) is 3. The van der Waals surface area contributed by atoms with E-state index in [1.165, 1.54) is 23.1 Å². The highest BCUT2D eigenvalue weighted by Gasteiger charge is 2.39. The van der Waals surface area contributed by atoms with E-state index in [0.29, 0.717) is 16.7 Å². The number of alkyl halides is 2. The minimum atomic E-state index is -3.67. The van der Waals surface area contributed by atoms with Crippen molar-refractivity contribution in [2.75, 3.05) is 0 Å². The fraction of sp³-hybridized carbons (Fsp3) is 0.250. The summed E-state index contributed by atoms with van der Waals surface area (Å²) in [7, 11) is 0. The number of nitrogens with one attached hydrogen (secondary N) is 1. The first-order valence-corrected chi connectivity index (χ1v) is 9.05. The van der Waals surface area contributed by atoms with Crippen LogP contribution in [-0.4, -0.2) is 33.6 Å². The molecule has 8 nitrogen and oxygen atoms in total. The zero-order valence-electron chi connectivity index (χ0n) is 15.5. The highest BCUT2D eigenvalue weighted by atomic mass is 19.3. The van der Waals surface area contributed by atoms with Gasteiger partial charge in [0.05, 0.1) is 11.3 Å². The number of fused-ring (bicyclic) bond motifs is 1. The maximum absolute atomic E-state index is 13.5. The number of benzene rings is 1. The summed E-state index contributed by atoms with van der Waals surface area (Å²) in [5, 5.41) is 11.6. The normalized spacial score (nSPS) is 18.8. The van der Waals surface area contributed by atoms with Crippen molar-refractivity contribution in [3.8, 4) is 17.3 Å². The molecule has 30 heavy (non-hydrogen) atoms. The van der Waals surface area contributed by atoms with Gasteiger partial charge in [-0.3, -0.25) is 25.4 Å². The molecule has 1 aromatic heterocycles. The van der Waals surface area contributed by atoms with Crippen molar-refractivity contribution in [3.63, 3.8) is 0 Å². The lowest BCUT2D eigenvalue weighted by Crippen LogP contribution is -2.52. The summed E-state index contributed by atoms with van der Waals surface area (Å²) in [5.41, 5.74) is 5.55. The molecule has 152 valence electrons. The van der Waals surface area contributed by atoms with Gasteiger partial charge in [-0.1, -0.05) is 6.07 Å². The summed E-state index contributed by atoms with van der Waals surface area (Å²) in [5.74, 6) is -1.27. The number of carbonyl (C=O) groups excluding carboxylic acids is 3. The first-order valence-electron chi connectivity index (χ1n) is 9.05. The number of nitriles is 1. The molecule has 10 heteroatoms. The molecule has 0 spiro atoms. The van der Waals surface area contributed by atoms with Gasteiger partial charge in [0.15, 0.2) is 0 Å². The maximum Gasteiger partial charge on any atom is 0.343 e. The van der Waals surface area contributed by atoms with E-state index in [1.807, 2.05) is 6.07 Å². The lowest BCUT2D eigenvalue weighted by molar-refractivity contribution is -0.136. The van der Waals surface area contributed by atoms with Gasteiger partial charge >= 0.3 is 6.05 Å². The van der Waals surface area contributed by atoms with E-state index in [0.717, 1.165) is 6.07 Å². The van der Waals surface area contributed by atoms with E-state index in [-0.39, 0.29) is 42.5 Å². The molecule has 0 saturated carbocycles. The third-order valence-corrected chi connectivity index (χ3v) is 5.15. The predicted octanol–water partition coefficient (Wildman–Crippen LogP) is 1.39. The highest BCUT2D eigenvalue weighted by Crippen LogP contribution is 2.32. The van der Waals surface area contributed by atoms with Crippen molar-refractivity contribution < 1.29 is 23.2 Å². The first-order chi connectivity index (χ1) is 14.2. The van der Waals surface area contributed by atoms with Gasteiger partial charge in [0.25, 0.3) is 5.91 Å². The molecule has 1 aromatic carbocycles. The lowest BCUT2D eigenvalue weighted by Gasteiger charge is -2.29. The molecule has 1 unspecified atom stereocenters. The number of amides is 3. The molecule has 2 aromatic rings. The van der Waals surface area contributed by atoms with Crippen LogP contribution in [0.2, 0.25) is 0 Å². The molecular formula is C20H15F2N5O3. The number of halogens is 2. The van der Waals surface area contributed by atoms with E-state index in [9.17, 15) is 28.4 Å². The van der Waals surface area contributed by atoms with Crippen LogP contribution in [-0.2, 0) is 22.2 Å². The molecule has 0 aliphatic carbocycles. The SMILES string of the molecule is N#Cc1ccc(C(N)(F)F)nc1-c1ccc2c(c1)CN(C1CCC(=O)NC1=O)C2=O. The Kier molecular flexibility index (Phi) is 4.55. The van der Waals surface area contributed by atoms with Gasteiger partial charge in [-0.05, 0) is 36.2 Å². The number of hydrogen-bond acceptors (Lipinski definition) is 6. The van der Waals surface area contributed by atoms with Crippen LogP contribution in [0.4, 0.5) is 8.78 Å². The molecule has 0 radical (unpaired) electrons. The Hall–Kier alpha value is -3.71. The van der Waals surface area contributed by atoms with E-state index in [4.69, 9.17) is 5.73 Å². The van der Waals surface area contributed by atoms with Gasteiger partial charge in [0.2, 0.25) is 11.8 Å². The molecule has 3 N–H and O–H groups in total. The van der Waals surface area contributed by atoms with Gasteiger partial charge < -0.3 is 4.90 Å². The fourth-order valence-corrected chi connectivity index (χ4v) is 3.68. The van der Waals surface area contributed by atoms with Crippen molar-refractivity contribution in [1.29, 1.82) is 5.26 Å². The predicted molar refractivity (Wildman–Crippen MR) is 98.5 cm³/mol. The van der Waals surface area contributed by atoms with Crippen LogP contribution >= 0.6 is 0 Å². The van der Waals surface area contributed by atoms with Gasteiger partial charge in [0.1, 0.15) is 17.8 Å². The number of hydrogen-bond donors (Lipinski definition) is 2. The van der Waals surface area contributed by atoms with Crippen LogP contribution in [0.15, 0.2) is 30.3 Å². The van der Waals surface area contributed by atoms with E-state index < -0.39 is 23.7 Å². The van der Waals surface area contributed by atoms with Gasteiger partial charge in [-0.25, -0.2) is 4.98 Å². The first kappa shape index (κ1) is 19.6. The number of nitrogens with two attached hydrogens (primary N) is 1. The summed E-state index contributed by atoms with van der Waals surface area (Å²) >= 11 is 0. The molecule has 1 fully saturated rings. The second-order valence-corrected chi connectivity index (χ2v) is 7.10. The van der Waals surface area contributed by atoms with Crippen LogP contribution < -0.4 is 11.1 Å². The number of pyridine rings is 1. The number of piperidine rings is 1. The number of aromatic nitrogens is 1. The van der Waals surface area contributed by atoms with Crippen LogP contribution in [0, 0.1) is 11.3 Å². The lowest BCUT2D eigenvalue weighted by atomic mass is 10.0. The quantitative estimate of drug-likeness (QED) is 0.580. The summed E-state index contributed by atoms with van der Waals surface area (Å²) in [4.78, 5) is 41.5. The Bertz CT molecular complexity index is 1140. The minimum absolute atomic E-state index is 0.0230. The molecule has 4 rings (SSSR count). The Labute approximate surface area is 169 Å². The van der Waals surface area contributed by atoms with Gasteiger partial charge in [-0.15, -0.1) is 0 Å². The monoisotopic (exact) mass is 411 g/mol. The Balaban J connectivity index is 1.70. The summed E-state index contributed by atoms with van der Waals surface area (Å²) in [6, 6.07) is 4.28. The molecule has 3 amide bonds. The Morgan fingerprint density at radius 2 is 2.00 bits per heavy atom. The van der Waals surface area contributed by atoms with E-state index >= 15 is 0 Å². The van der Waals surface area contributed by atoms with Crippen LogP contribution in [0.5, 0.6) is 0 Å². The Morgan fingerprint density at radius 1 is 1.23 bits per heavy atom. The van der Waals surface area contributed by atoms with Gasteiger partial charge in [-0.2, -0.15) is 14.0 Å². The van der Waals surface area contributed by atoms with Crippen molar-refractivity contribution in [2.24, 2.45) is 5.73 Å². The molecule has 2 aliphatic heterocycles. The molecule has 1 saturated heterocycles. The van der Waals surface area contributed by atoms with Crippen LogP contribution in [0.1, 0.15) is 40.0 Å². The van der Waals surface area contributed by atoms with Crippen LogP contribution in [0.3, 0.4) is 0 Å². The Morgan fingerprint density at radius 3 is 2.67 bits per heavy atom. The number of rotatable bonds is 3. The van der Waals surface area contributed by atoms with Crippen molar-refractivity contribution in [3.05, 3.63) is 52.7 Å². The maximum atomic E-state index is 13.5. The topological polar surface area (TPSA) is 129 Å². The zero-order chi connectivity index (χ0) is 21.6. The van der Waals surface area contributed by atoms with E-state index in [1.54, 1.807) is 6.07 Å². The number of imide groups is 1. The van der Waals surface area contributed by atoms with Crippen molar-refractivity contribution >= 4 is 17.7 Å². The van der Waals surface area contributed by atoms with E-state index in [2.05, 4.69) is 10.3 Å². The third-order valence-electron chi connectivity index (χ3n) is 5.15. The largest absolute Gasteiger partial charge is 0.343 e. The average molecular weight is 411 g/mol. The molecule has 0 bridgehead atoms. The molecular weight excluding hydrogens is 396 g/mol. The van der Waals surface area contributed by atoms with Crippen molar-refractivity contribution in [1.82, 2.24) is 15.2 Å². The third kappa shape index (κ3) is 3.29. The second-order valence-electron chi connectivity index (χ2n) is 7.10. The summed E-state index contributed by atoms with van der Waals surface area (Å²) < 4.78 is 27.0. The zero-order valence-corrected chi connectivity index (χ0v) is 15.5. The minimum Gasteiger partial charge on any atom is -0.322 e. The summed E-state index contributed by atoms with van der Waals surface area (Å²) in [6.07, 6.45) is 0.363. The molecule has 3 heterocycles. The van der Waals surface area contributed by atoms with Crippen LogP contribution in [0.25, 0.3) is 11.3 Å². The molecule has 2 aliphatic rings. The average Bonchev–Trinajstić information content (AvgIpc) is 3.02. The smallest absolute Gasteiger partial charge is 0.322 e. The standard InChI is InChI=1S/C20H15F2N5O3/c21-20(22,24)15-5-2-11(8-23)17(25-15)10-1-3-13-12(7-10)9-27(19(13)30)14-4-6-16(28)26-18(14)29/h1-3,5,7,14H,4,6,9,24H2,(H,26,28,29). The van der Waals surface area contributed by atoms with Crippen molar-refractivity contribution in [2.45, 2.75) is 31.5 Å². The second kappa shape index (κ2) is 6.96. The summed E-state index contributed by atoms with van der Waals surface area (Å²) in [6.45, 7) is 0.114. The van der Waals surface area contributed by atoms with Gasteiger partial charge in [0, 0.05) is 24.1 Å². The number of carbonyl (C=O) groups is 3. The fourth-order valence-electron chi connectivity index (χ4n) is 3.68. The molecule has 1 atom stereocenters. The highest BCUT2D eigenvalue weighted by molar-refractivity contribution is 6.05.